The Hall–Kier alpha value is -1.62. The molecule has 0 aliphatic rings. The standard InChI is InChI=1S/C15H13BrF2O2/c1-9-3-6-13(14(7-9)19-2)20-8-10-12(17)5-4-11(16)15(10)18/h3-7H,8H2,1-2H3. The summed E-state index contributed by atoms with van der Waals surface area (Å²) in [7, 11) is 1.52. The molecular weight excluding hydrogens is 330 g/mol. The normalized spacial score (nSPS) is 10.4. The maximum absolute atomic E-state index is 13.8. The highest BCUT2D eigenvalue weighted by atomic mass is 79.9. The highest BCUT2D eigenvalue weighted by Crippen LogP contribution is 2.30. The highest BCUT2D eigenvalue weighted by Gasteiger charge is 2.14. The van der Waals surface area contributed by atoms with Crippen molar-refractivity contribution < 1.29 is 18.3 Å². The van der Waals surface area contributed by atoms with Crippen LogP contribution in [0.4, 0.5) is 8.78 Å². The van der Waals surface area contributed by atoms with Gasteiger partial charge in [0.05, 0.1) is 17.1 Å². The van der Waals surface area contributed by atoms with Crippen LogP contribution in [-0.4, -0.2) is 7.11 Å². The molecule has 0 radical (unpaired) electrons. The van der Waals surface area contributed by atoms with E-state index >= 15 is 0 Å². The first-order valence-electron chi connectivity index (χ1n) is 5.92. The van der Waals surface area contributed by atoms with E-state index in [-0.39, 0.29) is 16.6 Å². The first-order chi connectivity index (χ1) is 9.52. The molecule has 0 saturated heterocycles. The average Bonchev–Trinajstić information content (AvgIpc) is 2.44. The van der Waals surface area contributed by atoms with Crippen LogP contribution in [0.5, 0.6) is 11.5 Å². The van der Waals surface area contributed by atoms with Crippen LogP contribution in [-0.2, 0) is 6.61 Å². The predicted octanol–water partition coefficient (Wildman–Crippen LogP) is 4.62. The van der Waals surface area contributed by atoms with Gasteiger partial charge >= 0.3 is 0 Å². The average molecular weight is 343 g/mol. The monoisotopic (exact) mass is 342 g/mol. The Morgan fingerprint density at radius 2 is 1.85 bits per heavy atom. The lowest BCUT2D eigenvalue weighted by Gasteiger charge is -2.12. The maximum Gasteiger partial charge on any atom is 0.161 e. The predicted molar refractivity (Wildman–Crippen MR) is 76.1 cm³/mol. The van der Waals surface area contributed by atoms with Crippen LogP contribution in [0.25, 0.3) is 0 Å². The fraction of sp³-hybridized carbons (Fsp3) is 0.200. The molecular formula is C15H13BrF2O2. The molecule has 0 amide bonds. The summed E-state index contributed by atoms with van der Waals surface area (Å²) in [6.45, 7) is 1.70. The van der Waals surface area contributed by atoms with Crippen LogP contribution < -0.4 is 9.47 Å². The molecule has 106 valence electrons. The number of hydrogen-bond acceptors (Lipinski definition) is 2. The molecule has 0 aliphatic heterocycles. The van der Waals surface area contributed by atoms with Crippen molar-refractivity contribution in [2.24, 2.45) is 0 Å². The summed E-state index contributed by atoms with van der Waals surface area (Å²) in [6.07, 6.45) is 0. The van der Waals surface area contributed by atoms with E-state index < -0.39 is 11.6 Å². The second-order valence-corrected chi connectivity index (χ2v) is 5.12. The van der Waals surface area contributed by atoms with E-state index in [0.29, 0.717) is 11.5 Å². The Balaban J connectivity index is 2.23. The van der Waals surface area contributed by atoms with Crippen molar-refractivity contribution in [2.75, 3.05) is 7.11 Å². The second-order valence-electron chi connectivity index (χ2n) is 4.26. The first kappa shape index (κ1) is 14.8. The Kier molecular flexibility index (Phi) is 4.60. The molecule has 0 unspecified atom stereocenters. The highest BCUT2D eigenvalue weighted by molar-refractivity contribution is 9.10. The van der Waals surface area contributed by atoms with Gasteiger partial charge in [-0.15, -0.1) is 0 Å². The SMILES string of the molecule is COc1cc(C)ccc1OCc1c(F)ccc(Br)c1F. The van der Waals surface area contributed by atoms with Gasteiger partial charge in [-0.25, -0.2) is 8.78 Å². The zero-order valence-corrected chi connectivity index (χ0v) is 12.6. The molecule has 20 heavy (non-hydrogen) atoms. The summed E-state index contributed by atoms with van der Waals surface area (Å²) in [5.41, 5.74) is 0.885. The van der Waals surface area contributed by atoms with Gasteiger partial charge in [-0.1, -0.05) is 6.07 Å². The van der Waals surface area contributed by atoms with Gasteiger partial charge < -0.3 is 9.47 Å². The molecule has 2 aromatic carbocycles. The van der Waals surface area contributed by atoms with Crippen molar-refractivity contribution in [1.82, 2.24) is 0 Å². The third-order valence-corrected chi connectivity index (χ3v) is 3.44. The van der Waals surface area contributed by atoms with Crippen LogP contribution in [0, 0.1) is 18.6 Å². The smallest absolute Gasteiger partial charge is 0.161 e. The van der Waals surface area contributed by atoms with E-state index in [1.807, 2.05) is 13.0 Å². The third-order valence-electron chi connectivity index (χ3n) is 2.83. The van der Waals surface area contributed by atoms with E-state index in [0.717, 1.165) is 5.56 Å². The fourth-order valence-electron chi connectivity index (χ4n) is 1.75. The van der Waals surface area contributed by atoms with Crippen molar-refractivity contribution in [3.05, 3.63) is 57.6 Å². The summed E-state index contributed by atoms with van der Waals surface area (Å²) in [4.78, 5) is 0. The Labute approximate surface area is 124 Å². The third kappa shape index (κ3) is 3.10. The number of halogens is 3. The number of methoxy groups -OCH3 is 1. The largest absolute Gasteiger partial charge is 0.493 e. The minimum atomic E-state index is -0.656. The molecule has 2 nitrogen and oxygen atoms in total. The molecule has 0 atom stereocenters. The van der Waals surface area contributed by atoms with Crippen molar-refractivity contribution in [3.63, 3.8) is 0 Å². The fourth-order valence-corrected chi connectivity index (χ4v) is 2.12. The Bertz CT molecular complexity index is 630. The quantitative estimate of drug-likeness (QED) is 0.754. The molecule has 0 fully saturated rings. The number of aryl methyl sites for hydroxylation is 1. The molecule has 2 rings (SSSR count). The molecule has 0 heterocycles. The van der Waals surface area contributed by atoms with Crippen LogP contribution in [0.2, 0.25) is 0 Å². The summed E-state index contributed by atoms with van der Waals surface area (Å²) < 4.78 is 38.3. The van der Waals surface area contributed by atoms with Crippen LogP contribution in [0.15, 0.2) is 34.8 Å². The molecule has 0 saturated carbocycles. The van der Waals surface area contributed by atoms with Gasteiger partial charge in [0.1, 0.15) is 18.2 Å². The molecule has 0 bridgehead atoms. The van der Waals surface area contributed by atoms with Crippen molar-refractivity contribution >= 4 is 15.9 Å². The zero-order chi connectivity index (χ0) is 14.7. The minimum Gasteiger partial charge on any atom is -0.493 e. The lowest BCUT2D eigenvalue weighted by atomic mass is 10.2. The molecule has 2 aromatic rings. The number of ether oxygens (including phenoxy) is 2. The number of benzene rings is 2. The molecule has 0 N–H and O–H groups in total. The van der Waals surface area contributed by atoms with Crippen molar-refractivity contribution in [3.8, 4) is 11.5 Å². The first-order valence-corrected chi connectivity index (χ1v) is 6.72. The maximum atomic E-state index is 13.8. The topological polar surface area (TPSA) is 18.5 Å². The zero-order valence-electron chi connectivity index (χ0n) is 11.0. The molecule has 0 aliphatic carbocycles. The van der Waals surface area contributed by atoms with Gasteiger partial charge in [-0.05, 0) is 52.7 Å². The molecule has 5 heteroatoms. The number of rotatable bonds is 4. The van der Waals surface area contributed by atoms with Crippen LogP contribution in [0.1, 0.15) is 11.1 Å². The lowest BCUT2D eigenvalue weighted by Crippen LogP contribution is -2.03. The van der Waals surface area contributed by atoms with E-state index in [9.17, 15) is 8.78 Å². The number of hydrogen-bond donors (Lipinski definition) is 0. The summed E-state index contributed by atoms with van der Waals surface area (Å²) in [6, 6.07) is 7.86. The lowest BCUT2D eigenvalue weighted by molar-refractivity contribution is 0.274. The van der Waals surface area contributed by atoms with Gasteiger partial charge in [0, 0.05) is 0 Å². The van der Waals surface area contributed by atoms with Crippen LogP contribution >= 0.6 is 15.9 Å². The van der Waals surface area contributed by atoms with Gasteiger partial charge in [-0.2, -0.15) is 0 Å². The molecule has 0 aromatic heterocycles. The Morgan fingerprint density at radius 3 is 2.55 bits per heavy atom. The van der Waals surface area contributed by atoms with E-state index in [2.05, 4.69) is 15.9 Å². The second kappa shape index (κ2) is 6.22. The van der Waals surface area contributed by atoms with E-state index in [4.69, 9.17) is 9.47 Å². The summed E-state index contributed by atoms with van der Waals surface area (Å²) in [5, 5.41) is 0. The summed E-state index contributed by atoms with van der Waals surface area (Å²) >= 11 is 3.02. The minimum absolute atomic E-state index is 0.123. The molecule has 0 spiro atoms. The Morgan fingerprint density at radius 1 is 1.10 bits per heavy atom. The van der Waals surface area contributed by atoms with Gasteiger partial charge in [-0.3, -0.25) is 0 Å². The van der Waals surface area contributed by atoms with Crippen molar-refractivity contribution in [2.45, 2.75) is 13.5 Å². The van der Waals surface area contributed by atoms with Gasteiger partial charge in [0.15, 0.2) is 11.5 Å². The van der Waals surface area contributed by atoms with Crippen LogP contribution in [0.3, 0.4) is 0 Å². The van der Waals surface area contributed by atoms with Gasteiger partial charge in [0.25, 0.3) is 0 Å². The van der Waals surface area contributed by atoms with E-state index in [1.54, 1.807) is 12.1 Å². The summed E-state index contributed by atoms with van der Waals surface area (Å²) in [5.74, 6) is -0.328. The van der Waals surface area contributed by atoms with Gasteiger partial charge in [0.2, 0.25) is 0 Å². The van der Waals surface area contributed by atoms with E-state index in [1.165, 1.54) is 19.2 Å². The van der Waals surface area contributed by atoms with Crippen molar-refractivity contribution in [1.29, 1.82) is 0 Å².